The molecular formula is C15H17NO. The number of aliphatic hydroxyl groups is 1. The molecule has 2 aromatic rings. The van der Waals surface area contributed by atoms with E-state index in [9.17, 15) is 0 Å². The molecule has 0 fully saturated rings. The van der Waals surface area contributed by atoms with Gasteiger partial charge < -0.3 is 10.4 Å². The minimum atomic E-state index is 0.0836. The Morgan fingerprint density at radius 2 is 1.76 bits per heavy atom. The summed E-state index contributed by atoms with van der Waals surface area (Å²) in [6.07, 6.45) is 0. The van der Waals surface area contributed by atoms with E-state index < -0.39 is 0 Å². The monoisotopic (exact) mass is 227 g/mol. The van der Waals surface area contributed by atoms with E-state index in [1.54, 1.807) is 0 Å². The van der Waals surface area contributed by atoms with Crippen LogP contribution in [0.5, 0.6) is 0 Å². The predicted molar refractivity (Wildman–Crippen MR) is 70.9 cm³/mol. The van der Waals surface area contributed by atoms with Crippen molar-refractivity contribution in [1.82, 2.24) is 0 Å². The van der Waals surface area contributed by atoms with Gasteiger partial charge in [0.25, 0.3) is 0 Å². The van der Waals surface area contributed by atoms with Crippen molar-refractivity contribution in [2.24, 2.45) is 0 Å². The van der Waals surface area contributed by atoms with Crippen LogP contribution in [0, 0.1) is 6.92 Å². The van der Waals surface area contributed by atoms with Gasteiger partial charge in [-0.05, 0) is 29.7 Å². The van der Waals surface area contributed by atoms with Gasteiger partial charge in [0.05, 0.1) is 6.61 Å². The summed E-state index contributed by atoms with van der Waals surface area (Å²) in [4.78, 5) is 0. The Labute approximate surface area is 102 Å². The summed E-state index contributed by atoms with van der Waals surface area (Å²) in [5, 5.41) is 12.5. The number of nitrogens with one attached hydrogen (secondary N) is 1. The molecule has 0 saturated heterocycles. The molecule has 0 saturated carbocycles. The summed E-state index contributed by atoms with van der Waals surface area (Å²) in [7, 11) is 0. The first-order chi connectivity index (χ1) is 8.29. The SMILES string of the molecule is Cc1ccc(CO)cc1NCc1ccccc1. The van der Waals surface area contributed by atoms with E-state index in [-0.39, 0.29) is 6.61 Å². The fraction of sp³-hybridized carbons (Fsp3) is 0.200. The zero-order chi connectivity index (χ0) is 12.1. The number of anilines is 1. The van der Waals surface area contributed by atoms with E-state index in [4.69, 9.17) is 5.11 Å². The molecule has 17 heavy (non-hydrogen) atoms. The molecule has 0 radical (unpaired) electrons. The molecular weight excluding hydrogens is 210 g/mol. The number of hydrogen-bond acceptors (Lipinski definition) is 2. The summed E-state index contributed by atoms with van der Waals surface area (Å²) >= 11 is 0. The van der Waals surface area contributed by atoms with Crippen molar-refractivity contribution in [1.29, 1.82) is 0 Å². The van der Waals surface area contributed by atoms with E-state index in [1.165, 1.54) is 11.1 Å². The molecule has 0 amide bonds. The molecule has 2 heteroatoms. The molecule has 0 unspecified atom stereocenters. The van der Waals surface area contributed by atoms with Crippen LogP contribution in [0.1, 0.15) is 16.7 Å². The normalized spacial score (nSPS) is 10.2. The molecule has 0 bridgehead atoms. The third-order valence-electron chi connectivity index (χ3n) is 2.81. The van der Waals surface area contributed by atoms with Crippen LogP contribution < -0.4 is 5.32 Å². The Kier molecular flexibility index (Phi) is 3.78. The van der Waals surface area contributed by atoms with Crippen LogP contribution in [0.15, 0.2) is 48.5 Å². The van der Waals surface area contributed by atoms with Crippen molar-refractivity contribution >= 4 is 5.69 Å². The Balaban J connectivity index is 2.08. The average molecular weight is 227 g/mol. The van der Waals surface area contributed by atoms with Crippen LogP contribution in [0.3, 0.4) is 0 Å². The molecule has 2 nitrogen and oxygen atoms in total. The van der Waals surface area contributed by atoms with E-state index in [0.717, 1.165) is 17.8 Å². The molecule has 0 spiro atoms. The fourth-order valence-corrected chi connectivity index (χ4v) is 1.75. The average Bonchev–Trinajstić information content (AvgIpc) is 2.39. The summed E-state index contributed by atoms with van der Waals surface area (Å²) in [5.74, 6) is 0. The Morgan fingerprint density at radius 1 is 1.00 bits per heavy atom. The van der Waals surface area contributed by atoms with Crippen molar-refractivity contribution in [2.75, 3.05) is 5.32 Å². The summed E-state index contributed by atoms with van der Waals surface area (Å²) in [6.45, 7) is 2.95. The van der Waals surface area contributed by atoms with Gasteiger partial charge in [-0.25, -0.2) is 0 Å². The van der Waals surface area contributed by atoms with Gasteiger partial charge >= 0.3 is 0 Å². The van der Waals surface area contributed by atoms with Crippen molar-refractivity contribution in [3.8, 4) is 0 Å². The van der Waals surface area contributed by atoms with Gasteiger partial charge in [-0.15, -0.1) is 0 Å². The van der Waals surface area contributed by atoms with Gasteiger partial charge in [0.15, 0.2) is 0 Å². The van der Waals surface area contributed by atoms with Gasteiger partial charge in [0.1, 0.15) is 0 Å². The second-order valence-corrected chi connectivity index (χ2v) is 4.15. The fourth-order valence-electron chi connectivity index (χ4n) is 1.75. The third kappa shape index (κ3) is 3.08. The molecule has 2 rings (SSSR count). The summed E-state index contributed by atoms with van der Waals surface area (Å²) in [5.41, 5.74) is 4.46. The van der Waals surface area contributed by atoms with Gasteiger partial charge in [0, 0.05) is 12.2 Å². The second-order valence-electron chi connectivity index (χ2n) is 4.15. The molecule has 88 valence electrons. The summed E-state index contributed by atoms with van der Waals surface area (Å²) < 4.78 is 0. The first-order valence-electron chi connectivity index (χ1n) is 5.78. The largest absolute Gasteiger partial charge is 0.392 e. The maximum absolute atomic E-state index is 9.11. The first-order valence-corrected chi connectivity index (χ1v) is 5.78. The molecule has 0 aliphatic rings. The van der Waals surface area contributed by atoms with E-state index >= 15 is 0 Å². The first kappa shape index (κ1) is 11.7. The third-order valence-corrected chi connectivity index (χ3v) is 2.81. The van der Waals surface area contributed by atoms with Crippen LogP contribution in [0.4, 0.5) is 5.69 Å². The van der Waals surface area contributed by atoms with Gasteiger partial charge in [-0.3, -0.25) is 0 Å². The number of rotatable bonds is 4. The lowest BCUT2D eigenvalue weighted by Gasteiger charge is -2.11. The van der Waals surface area contributed by atoms with Crippen molar-refractivity contribution < 1.29 is 5.11 Å². The minimum Gasteiger partial charge on any atom is -0.392 e. The number of aryl methyl sites for hydroxylation is 1. The molecule has 0 aromatic heterocycles. The molecule has 0 atom stereocenters. The van der Waals surface area contributed by atoms with E-state index in [2.05, 4.69) is 24.4 Å². The Hall–Kier alpha value is -1.80. The molecule has 0 aliphatic carbocycles. The maximum atomic E-state index is 9.11. The van der Waals surface area contributed by atoms with Crippen LogP contribution in [0.2, 0.25) is 0 Å². The number of benzene rings is 2. The highest BCUT2D eigenvalue weighted by Gasteiger charge is 1.99. The number of aliphatic hydroxyl groups excluding tert-OH is 1. The minimum absolute atomic E-state index is 0.0836. The lowest BCUT2D eigenvalue weighted by atomic mass is 10.1. The summed E-state index contributed by atoms with van der Waals surface area (Å²) in [6, 6.07) is 16.2. The highest BCUT2D eigenvalue weighted by Crippen LogP contribution is 2.17. The lowest BCUT2D eigenvalue weighted by molar-refractivity contribution is 0.282. The zero-order valence-corrected chi connectivity index (χ0v) is 9.98. The maximum Gasteiger partial charge on any atom is 0.0682 e. The quantitative estimate of drug-likeness (QED) is 0.841. The predicted octanol–water partition coefficient (Wildman–Crippen LogP) is 3.10. The van der Waals surface area contributed by atoms with Crippen LogP contribution in [-0.2, 0) is 13.2 Å². The van der Waals surface area contributed by atoms with Crippen molar-refractivity contribution in [3.63, 3.8) is 0 Å². The molecule has 2 N–H and O–H groups in total. The van der Waals surface area contributed by atoms with Crippen molar-refractivity contribution in [2.45, 2.75) is 20.1 Å². The van der Waals surface area contributed by atoms with Gasteiger partial charge in [-0.2, -0.15) is 0 Å². The lowest BCUT2D eigenvalue weighted by Crippen LogP contribution is -2.01. The Morgan fingerprint density at radius 3 is 2.47 bits per heavy atom. The highest BCUT2D eigenvalue weighted by molar-refractivity contribution is 5.52. The standard InChI is InChI=1S/C15H17NO/c1-12-7-8-14(11-17)9-15(12)16-10-13-5-3-2-4-6-13/h2-9,16-17H,10-11H2,1H3. The highest BCUT2D eigenvalue weighted by atomic mass is 16.3. The van der Waals surface area contributed by atoms with Crippen LogP contribution >= 0.6 is 0 Å². The second kappa shape index (κ2) is 5.51. The molecule has 2 aromatic carbocycles. The number of hydrogen-bond donors (Lipinski definition) is 2. The zero-order valence-electron chi connectivity index (χ0n) is 9.98. The molecule has 0 heterocycles. The Bertz CT molecular complexity index is 480. The van der Waals surface area contributed by atoms with E-state index in [1.807, 2.05) is 36.4 Å². The van der Waals surface area contributed by atoms with Gasteiger partial charge in [-0.1, -0.05) is 42.5 Å². The van der Waals surface area contributed by atoms with Gasteiger partial charge in [0.2, 0.25) is 0 Å². The smallest absolute Gasteiger partial charge is 0.0682 e. The molecule has 0 aliphatic heterocycles. The van der Waals surface area contributed by atoms with E-state index in [0.29, 0.717) is 0 Å². The topological polar surface area (TPSA) is 32.3 Å². The van der Waals surface area contributed by atoms with Crippen LogP contribution in [-0.4, -0.2) is 5.11 Å². The van der Waals surface area contributed by atoms with Crippen molar-refractivity contribution in [3.05, 3.63) is 65.2 Å². The van der Waals surface area contributed by atoms with Crippen LogP contribution in [0.25, 0.3) is 0 Å².